The fourth-order valence-electron chi connectivity index (χ4n) is 4.55. The normalized spacial score (nSPS) is 13.4. The average molecular weight is 702 g/mol. The highest BCUT2D eigenvalue weighted by molar-refractivity contribution is 5.98. The van der Waals surface area contributed by atoms with Crippen molar-refractivity contribution in [3.63, 3.8) is 0 Å². The van der Waals surface area contributed by atoms with E-state index in [9.17, 15) is 31.1 Å². The van der Waals surface area contributed by atoms with Crippen LogP contribution in [-0.2, 0) is 20.9 Å². The van der Waals surface area contributed by atoms with Crippen LogP contribution in [0.5, 0.6) is 5.75 Å². The Morgan fingerprint density at radius 3 is 2.18 bits per heavy atom. The molecule has 18 heteroatoms. The number of carboxylic acids is 2. The zero-order chi connectivity index (χ0) is 36.2. The first-order chi connectivity index (χ1) is 23.1. The Hall–Kier alpha value is -5.10. The molecular weight excluding hydrogens is 668 g/mol. The quantitative estimate of drug-likeness (QED) is 0.172. The molecule has 1 aliphatic rings. The molecule has 4 aromatic rings. The Labute approximate surface area is 275 Å². The van der Waals surface area contributed by atoms with E-state index in [0.29, 0.717) is 18.8 Å². The number of halogens is 6. The highest BCUT2D eigenvalue weighted by Crippen LogP contribution is 2.25. The SMILES string of the molecule is COc1cccc(CN(CCCN2CCOCC2)C(=O)c2cc3ccc(-c4cn[nH]c4)cc3[nH]2)c1.O=C(O)C(F)(F)F.O=C(O)C(F)(F)F. The molecule has 12 nitrogen and oxygen atoms in total. The van der Waals surface area contributed by atoms with E-state index in [4.69, 9.17) is 29.3 Å². The molecule has 0 radical (unpaired) electrons. The van der Waals surface area contributed by atoms with Gasteiger partial charge in [0.25, 0.3) is 5.91 Å². The highest BCUT2D eigenvalue weighted by Gasteiger charge is 2.38. The van der Waals surface area contributed by atoms with E-state index in [0.717, 1.165) is 72.6 Å². The monoisotopic (exact) mass is 701 g/mol. The minimum atomic E-state index is -5.08. The van der Waals surface area contributed by atoms with Gasteiger partial charge in [0, 0.05) is 55.4 Å². The lowest BCUT2D eigenvalue weighted by Gasteiger charge is -2.28. The summed E-state index contributed by atoms with van der Waals surface area (Å²) in [5.41, 5.74) is 4.63. The van der Waals surface area contributed by atoms with Gasteiger partial charge in [0.2, 0.25) is 0 Å². The van der Waals surface area contributed by atoms with Gasteiger partial charge in [0.1, 0.15) is 11.4 Å². The summed E-state index contributed by atoms with van der Waals surface area (Å²) in [4.78, 5) is 39.2. The minimum absolute atomic E-state index is 0.00383. The number of nitrogens with zero attached hydrogens (tertiary/aromatic N) is 3. The van der Waals surface area contributed by atoms with E-state index in [1.54, 1.807) is 13.3 Å². The van der Waals surface area contributed by atoms with Crippen LogP contribution in [0.1, 0.15) is 22.5 Å². The Morgan fingerprint density at radius 1 is 0.959 bits per heavy atom. The van der Waals surface area contributed by atoms with Crippen molar-refractivity contribution in [1.82, 2.24) is 25.0 Å². The summed E-state index contributed by atoms with van der Waals surface area (Å²) in [6.07, 6.45) is -5.61. The topological polar surface area (TPSA) is 161 Å². The number of ether oxygens (including phenoxy) is 2. The smallest absolute Gasteiger partial charge is 0.490 e. The maximum Gasteiger partial charge on any atom is 0.490 e. The lowest BCUT2D eigenvalue weighted by molar-refractivity contribution is -0.193. The van der Waals surface area contributed by atoms with Gasteiger partial charge in [-0.25, -0.2) is 9.59 Å². The molecule has 2 aromatic heterocycles. The van der Waals surface area contributed by atoms with Gasteiger partial charge in [-0.3, -0.25) is 14.8 Å². The number of fused-ring (bicyclic) bond motifs is 1. The second-order valence-corrected chi connectivity index (χ2v) is 10.5. The molecule has 0 bridgehead atoms. The number of nitrogens with one attached hydrogen (secondary N) is 2. The lowest BCUT2D eigenvalue weighted by atomic mass is 10.1. The largest absolute Gasteiger partial charge is 0.497 e. The third kappa shape index (κ3) is 12.1. The Balaban J connectivity index is 0.000000392. The molecule has 1 amide bonds. The molecule has 0 unspecified atom stereocenters. The molecule has 2 aromatic carbocycles. The maximum absolute atomic E-state index is 13.7. The van der Waals surface area contributed by atoms with Crippen LogP contribution >= 0.6 is 0 Å². The number of amides is 1. The van der Waals surface area contributed by atoms with E-state index in [-0.39, 0.29) is 5.91 Å². The lowest BCUT2D eigenvalue weighted by Crippen LogP contribution is -2.39. The summed E-state index contributed by atoms with van der Waals surface area (Å²) in [5.74, 6) is -4.73. The van der Waals surface area contributed by atoms with Crippen LogP contribution in [0.4, 0.5) is 26.3 Å². The fraction of sp³-hybridized carbons (Fsp3) is 0.355. The van der Waals surface area contributed by atoms with Gasteiger partial charge >= 0.3 is 24.3 Å². The number of morpholine rings is 1. The van der Waals surface area contributed by atoms with Gasteiger partial charge in [0.15, 0.2) is 0 Å². The van der Waals surface area contributed by atoms with E-state index >= 15 is 0 Å². The number of aromatic amines is 2. The Bertz CT molecular complexity index is 1650. The number of carbonyl (C=O) groups is 3. The number of rotatable bonds is 9. The second kappa shape index (κ2) is 17.3. The number of carboxylic acid groups (broad SMARTS) is 2. The predicted molar refractivity (Wildman–Crippen MR) is 163 cm³/mol. The van der Waals surface area contributed by atoms with Crippen LogP contribution in [-0.4, -0.2) is 112 Å². The second-order valence-electron chi connectivity index (χ2n) is 10.5. The molecule has 49 heavy (non-hydrogen) atoms. The average Bonchev–Trinajstić information content (AvgIpc) is 3.75. The van der Waals surface area contributed by atoms with Crippen LogP contribution in [0.15, 0.2) is 60.9 Å². The van der Waals surface area contributed by atoms with Crippen molar-refractivity contribution in [2.24, 2.45) is 0 Å². The first-order valence-corrected chi connectivity index (χ1v) is 14.5. The molecule has 3 heterocycles. The summed E-state index contributed by atoms with van der Waals surface area (Å²) >= 11 is 0. The summed E-state index contributed by atoms with van der Waals surface area (Å²) in [7, 11) is 1.66. The van der Waals surface area contributed by atoms with Crippen molar-refractivity contribution in [2.45, 2.75) is 25.3 Å². The van der Waals surface area contributed by atoms with Crippen LogP contribution < -0.4 is 4.74 Å². The summed E-state index contributed by atoms with van der Waals surface area (Å²) in [6.45, 7) is 5.60. The number of hydrogen-bond acceptors (Lipinski definition) is 7. The fourth-order valence-corrected chi connectivity index (χ4v) is 4.55. The van der Waals surface area contributed by atoms with Gasteiger partial charge in [-0.05, 0) is 41.8 Å². The number of H-pyrrole nitrogens is 2. The van der Waals surface area contributed by atoms with Crippen molar-refractivity contribution in [3.05, 3.63) is 72.2 Å². The van der Waals surface area contributed by atoms with Crippen molar-refractivity contribution >= 4 is 28.7 Å². The number of aliphatic carboxylic acids is 2. The molecule has 1 saturated heterocycles. The molecule has 0 saturated carbocycles. The third-order valence-corrected chi connectivity index (χ3v) is 6.97. The minimum Gasteiger partial charge on any atom is -0.497 e. The van der Waals surface area contributed by atoms with Crippen molar-refractivity contribution < 1.29 is 60.4 Å². The van der Waals surface area contributed by atoms with E-state index < -0.39 is 24.3 Å². The van der Waals surface area contributed by atoms with Gasteiger partial charge < -0.3 is 29.6 Å². The molecule has 1 fully saturated rings. The molecular formula is C31H33F6N5O7. The van der Waals surface area contributed by atoms with Crippen LogP contribution in [0.2, 0.25) is 0 Å². The molecule has 4 N–H and O–H groups in total. The van der Waals surface area contributed by atoms with Crippen molar-refractivity contribution in [3.8, 4) is 16.9 Å². The third-order valence-electron chi connectivity index (χ3n) is 6.97. The number of benzene rings is 2. The first kappa shape index (κ1) is 38.3. The van der Waals surface area contributed by atoms with E-state index in [1.165, 1.54) is 0 Å². The van der Waals surface area contributed by atoms with Crippen LogP contribution in [0, 0.1) is 0 Å². The number of hydrogen-bond donors (Lipinski definition) is 4. The zero-order valence-corrected chi connectivity index (χ0v) is 26.0. The molecule has 5 rings (SSSR count). The summed E-state index contributed by atoms with van der Waals surface area (Å²) in [5, 5.41) is 22.1. The van der Waals surface area contributed by atoms with Crippen LogP contribution in [0.3, 0.4) is 0 Å². The molecule has 0 atom stereocenters. The van der Waals surface area contributed by atoms with Crippen LogP contribution in [0.25, 0.3) is 22.0 Å². The molecule has 0 aliphatic carbocycles. The summed E-state index contributed by atoms with van der Waals surface area (Å²) in [6, 6.07) is 16.0. The highest BCUT2D eigenvalue weighted by atomic mass is 19.4. The standard InChI is InChI=1S/C27H31N5O3.2C2HF3O2/c1-34-24-5-2-4-20(14-24)19-32(9-3-8-31-10-12-35-13-11-31)27(33)26-16-22-7-6-21(15-25(22)30-26)23-17-28-29-18-23;2*3-2(4,5)1(6)7/h2,4-7,14-18,30H,3,8-13,19H2,1H3,(H,28,29);2*(H,6,7). The number of methoxy groups -OCH3 is 1. The number of alkyl halides is 6. The zero-order valence-electron chi connectivity index (χ0n) is 26.0. The van der Waals surface area contributed by atoms with E-state index in [2.05, 4.69) is 26.1 Å². The number of carbonyl (C=O) groups excluding carboxylic acids is 1. The van der Waals surface area contributed by atoms with Gasteiger partial charge in [-0.2, -0.15) is 31.4 Å². The first-order valence-electron chi connectivity index (χ1n) is 14.5. The number of aromatic nitrogens is 3. The predicted octanol–water partition coefficient (Wildman–Crippen LogP) is 5.20. The van der Waals surface area contributed by atoms with Gasteiger partial charge in [-0.1, -0.05) is 24.3 Å². The molecule has 266 valence electrons. The van der Waals surface area contributed by atoms with Crippen molar-refractivity contribution in [2.75, 3.05) is 46.5 Å². The van der Waals surface area contributed by atoms with Gasteiger partial charge in [-0.15, -0.1) is 0 Å². The van der Waals surface area contributed by atoms with Gasteiger partial charge in [0.05, 0.1) is 26.5 Å². The van der Waals surface area contributed by atoms with E-state index in [1.807, 2.05) is 53.6 Å². The Kier molecular flexibility index (Phi) is 13.6. The maximum atomic E-state index is 13.7. The summed E-state index contributed by atoms with van der Waals surface area (Å²) < 4.78 is 74.3. The van der Waals surface area contributed by atoms with Crippen molar-refractivity contribution in [1.29, 1.82) is 0 Å². The molecule has 0 spiro atoms. The Morgan fingerprint density at radius 2 is 1.61 bits per heavy atom. The molecule has 1 aliphatic heterocycles.